The first-order valence-corrected chi connectivity index (χ1v) is 8.27. The van der Waals surface area contributed by atoms with Gasteiger partial charge in [-0.2, -0.15) is 0 Å². The van der Waals surface area contributed by atoms with E-state index < -0.39 is 0 Å². The van der Waals surface area contributed by atoms with E-state index in [1.165, 1.54) is 6.42 Å². The topological polar surface area (TPSA) is 64.3 Å². The van der Waals surface area contributed by atoms with Crippen molar-refractivity contribution in [1.29, 1.82) is 0 Å². The Labute approximate surface area is 137 Å². The molecule has 22 heavy (non-hydrogen) atoms. The van der Waals surface area contributed by atoms with Crippen LogP contribution in [0.2, 0.25) is 5.02 Å². The molecule has 1 aromatic rings. The van der Waals surface area contributed by atoms with Crippen LogP contribution in [0.15, 0.2) is 24.3 Å². The van der Waals surface area contributed by atoms with Crippen LogP contribution in [0.3, 0.4) is 0 Å². The third-order valence-corrected chi connectivity index (χ3v) is 4.74. The molecule has 1 fully saturated rings. The number of hydrogen-bond acceptors (Lipinski definition) is 3. The lowest BCUT2D eigenvalue weighted by Gasteiger charge is -2.39. The largest absolute Gasteiger partial charge is 0.380 e. The van der Waals surface area contributed by atoms with Crippen LogP contribution in [0.4, 0.5) is 0 Å². The van der Waals surface area contributed by atoms with Gasteiger partial charge in [0, 0.05) is 18.7 Å². The highest BCUT2D eigenvalue weighted by molar-refractivity contribution is 6.30. The number of hydrogen-bond donors (Lipinski definition) is 2. The van der Waals surface area contributed by atoms with Crippen LogP contribution in [0, 0.1) is 0 Å². The number of amides is 1. The van der Waals surface area contributed by atoms with Crippen molar-refractivity contribution in [3.8, 4) is 0 Å². The summed E-state index contributed by atoms with van der Waals surface area (Å²) >= 11 is 5.99. The second-order valence-electron chi connectivity index (χ2n) is 6.00. The van der Waals surface area contributed by atoms with Gasteiger partial charge >= 0.3 is 0 Å². The van der Waals surface area contributed by atoms with Gasteiger partial charge in [-0.05, 0) is 30.5 Å². The van der Waals surface area contributed by atoms with Gasteiger partial charge in [-0.15, -0.1) is 0 Å². The molecule has 3 N–H and O–H groups in total. The fourth-order valence-corrected chi connectivity index (χ4v) is 3.32. The second kappa shape index (κ2) is 7.95. The van der Waals surface area contributed by atoms with Crippen molar-refractivity contribution in [3.63, 3.8) is 0 Å². The normalized spacial score (nSPS) is 18.7. The van der Waals surface area contributed by atoms with E-state index in [9.17, 15) is 4.79 Å². The summed E-state index contributed by atoms with van der Waals surface area (Å²) in [6.45, 7) is 0.345. The Morgan fingerprint density at radius 2 is 1.95 bits per heavy atom. The summed E-state index contributed by atoms with van der Waals surface area (Å²) < 4.78 is 5.21. The van der Waals surface area contributed by atoms with Crippen LogP contribution >= 0.6 is 11.6 Å². The monoisotopic (exact) mass is 324 g/mol. The molecule has 0 saturated heterocycles. The van der Waals surface area contributed by atoms with Crippen LogP contribution in [0.5, 0.6) is 0 Å². The Hall–Kier alpha value is -1.10. The third kappa shape index (κ3) is 4.22. The Bertz CT molecular complexity index is 480. The van der Waals surface area contributed by atoms with Gasteiger partial charge in [0.2, 0.25) is 5.91 Å². The fraction of sp³-hybridized carbons (Fsp3) is 0.588. The Balaban J connectivity index is 2.15. The molecule has 1 aromatic carbocycles. The number of benzene rings is 1. The number of ether oxygens (including phenoxy) is 1. The summed E-state index contributed by atoms with van der Waals surface area (Å²) in [5.41, 5.74) is 6.45. The van der Waals surface area contributed by atoms with Gasteiger partial charge < -0.3 is 15.8 Å². The molecule has 1 amide bonds. The molecule has 2 rings (SSSR count). The van der Waals surface area contributed by atoms with Crippen LogP contribution in [-0.4, -0.2) is 25.7 Å². The Morgan fingerprint density at radius 1 is 1.32 bits per heavy atom. The summed E-state index contributed by atoms with van der Waals surface area (Å²) in [5.74, 6) is -0.00542. The van der Waals surface area contributed by atoms with Gasteiger partial charge in [0.25, 0.3) is 0 Å². The Morgan fingerprint density at radius 3 is 2.50 bits per heavy atom. The van der Waals surface area contributed by atoms with Crippen molar-refractivity contribution >= 4 is 17.5 Å². The zero-order valence-electron chi connectivity index (χ0n) is 13.1. The van der Waals surface area contributed by atoms with E-state index in [1.54, 1.807) is 7.11 Å². The number of nitrogens with one attached hydrogen (secondary N) is 1. The van der Waals surface area contributed by atoms with E-state index in [-0.39, 0.29) is 17.6 Å². The lowest BCUT2D eigenvalue weighted by molar-refractivity contribution is -0.126. The molecule has 1 saturated carbocycles. The SMILES string of the molecule is COC(CN)CC(=O)NC1(c2ccc(Cl)cc2)CCCCC1. The van der Waals surface area contributed by atoms with E-state index >= 15 is 0 Å². The summed E-state index contributed by atoms with van der Waals surface area (Å²) in [5, 5.41) is 3.96. The second-order valence-corrected chi connectivity index (χ2v) is 6.43. The van der Waals surface area contributed by atoms with Crippen molar-refractivity contribution < 1.29 is 9.53 Å². The van der Waals surface area contributed by atoms with Gasteiger partial charge in [0.15, 0.2) is 0 Å². The molecule has 1 atom stereocenters. The molecule has 1 unspecified atom stereocenters. The van der Waals surface area contributed by atoms with Crippen molar-refractivity contribution in [2.75, 3.05) is 13.7 Å². The van der Waals surface area contributed by atoms with Crippen molar-refractivity contribution in [2.45, 2.75) is 50.2 Å². The molecule has 0 aliphatic heterocycles. The average Bonchev–Trinajstić information content (AvgIpc) is 2.54. The van der Waals surface area contributed by atoms with Gasteiger partial charge in [-0.1, -0.05) is 43.0 Å². The molecular formula is C17H25ClN2O2. The van der Waals surface area contributed by atoms with Gasteiger partial charge in [0.05, 0.1) is 18.1 Å². The molecule has 0 aromatic heterocycles. The van der Waals surface area contributed by atoms with Crippen molar-refractivity contribution in [2.24, 2.45) is 5.73 Å². The van der Waals surface area contributed by atoms with Crippen LogP contribution in [0.1, 0.15) is 44.1 Å². The number of rotatable bonds is 6. The standard InChI is InChI=1S/C17H25ClN2O2/c1-22-15(12-19)11-16(21)20-17(9-3-2-4-10-17)13-5-7-14(18)8-6-13/h5-8,15H,2-4,9-12,19H2,1H3,(H,20,21). The predicted octanol–water partition coefficient (Wildman–Crippen LogP) is 2.98. The third-order valence-electron chi connectivity index (χ3n) is 4.49. The molecule has 4 nitrogen and oxygen atoms in total. The molecule has 0 heterocycles. The molecule has 0 bridgehead atoms. The fourth-order valence-electron chi connectivity index (χ4n) is 3.20. The number of carbonyl (C=O) groups is 1. The summed E-state index contributed by atoms with van der Waals surface area (Å²) in [6.07, 6.45) is 5.44. The van der Waals surface area contributed by atoms with E-state index in [1.807, 2.05) is 24.3 Å². The van der Waals surface area contributed by atoms with Crippen molar-refractivity contribution in [1.82, 2.24) is 5.32 Å². The van der Waals surface area contributed by atoms with Crippen molar-refractivity contribution in [3.05, 3.63) is 34.9 Å². The van der Waals surface area contributed by atoms with Crippen LogP contribution in [-0.2, 0) is 15.1 Å². The maximum atomic E-state index is 12.4. The zero-order chi connectivity index (χ0) is 16.0. The van der Waals surface area contributed by atoms with Gasteiger partial charge in [-0.3, -0.25) is 4.79 Å². The van der Waals surface area contributed by atoms with Crippen LogP contribution < -0.4 is 11.1 Å². The first kappa shape index (κ1) is 17.3. The molecule has 1 aliphatic carbocycles. The predicted molar refractivity (Wildman–Crippen MR) is 88.8 cm³/mol. The first-order chi connectivity index (χ1) is 10.6. The highest BCUT2D eigenvalue weighted by atomic mass is 35.5. The first-order valence-electron chi connectivity index (χ1n) is 7.89. The molecule has 122 valence electrons. The quantitative estimate of drug-likeness (QED) is 0.845. The number of carbonyl (C=O) groups excluding carboxylic acids is 1. The molecule has 1 aliphatic rings. The van der Waals surface area contributed by atoms with E-state index in [4.69, 9.17) is 22.1 Å². The smallest absolute Gasteiger partial charge is 0.223 e. The number of methoxy groups -OCH3 is 1. The van der Waals surface area contributed by atoms with E-state index in [2.05, 4.69) is 5.32 Å². The van der Waals surface area contributed by atoms with Gasteiger partial charge in [0.1, 0.15) is 0 Å². The molecule has 0 radical (unpaired) electrons. The van der Waals surface area contributed by atoms with E-state index in [0.29, 0.717) is 18.0 Å². The number of halogens is 1. The molecular weight excluding hydrogens is 300 g/mol. The highest BCUT2D eigenvalue weighted by Gasteiger charge is 2.35. The zero-order valence-corrected chi connectivity index (χ0v) is 13.9. The van der Waals surface area contributed by atoms with Crippen LogP contribution in [0.25, 0.3) is 0 Å². The minimum absolute atomic E-state index is 0.00542. The highest BCUT2D eigenvalue weighted by Crippen LogP contribution is 2.37. The molecule has 0 spiro atoms. The minimum atomic E-state index is -0.285. The summed E-state index contributed by atoms with van der Waals surface area (Å²) in [6, 6.07) is 7.81. The number of nitrogens with two attached hydrogens (primary N) is 1. The van der Waals surface area contributed by atoms with Gasteiger partial charge in [-0.25, -0.2) is 0 Å². The maximum absolute atomic E-state index is 12.4. The summed E-state index contributed by atoms with van der Waals surface area (Å²) in [4.78, 5) is 12.4. The lowest BCUT2D eigenvalue weighted by atomic mass is 9.76. The summed E-state index contributed by atoms with van der Waals surface area (Å²) in [7, 11) is 1.58. The minimum Gasteiger partial charge on any atom is -0.380 e. The Kier molecular flexibility index (Phi) is 6.24. The molecule has 5 heteroatoms. The maximum Gasteiger partial charge on any atom is 0.223 e. The lowest BCUT2D eigenvalue weighted by Crippen LogP contribution is -2.48. The van der Waals surface area contributed by atoms with E-state index in [0.717, 1.165) is 31.2 Å². The average molecular weight is 325 g/mol.